The lowest BCUT2D eigenvalue weighted by molar-refractivity contribution is 0.116. The minimum atomic E-state index is 0.309. The fraction of sp³-hybridized carbons (Fsp3) is 0.438. The van der Waals surface area contributed by atoms with Gasteiger partial charge >= 0.3 is 0 Å². The van der Waals surface area contributed by atoms with E-state index in [0.717, 1.165) is 31.7 Å². The largest absolute Gasteiger partial charge is 0.396 e. The second kappa shape index (κ2) is 6.20. The highest BCUT2D eigenvalue weighted by atomic mass is 16.3. The molecule has 1 aromatic heterocycles. The Morgan fingerprint density at radius 2 is 2.25 bits per heavy atom. The molecule has 0 radical (unpaired) electrons. The van der Waals surface area contributed by atoms with E-state index in [4.69, 9.17) is 0 Å². The van der Waals surface area contributed by atoms with E-state index in [1.165, 1.54) is 12.0 Å². The molecule has 0 spiro atoms. The molecule has 2 aromatic rings. The Morgan fingerprint density at radius 3 is 3.05 bits per heavy atom. The van der Waals surface area contributed by atoms with Crippen LogP contribution >= 0.6 is 0 Å². The number of benzene rings is 1. The summed E-state index contributed by atoms with van der Waals surface area (Å²) in [5, 5.41) is 13.6. The Bertz CT molecular complexity index is 538. The molecule has 1 atom stereocenters. The number of likely N-dealkylation sites (tertiary alicyclic amines) is 1. The fourth-order valence-electron chi connectivity index (χ4n) is 2.92. The van der Waals surface area contributed by atoms with E-state index in [-0.39, 0.29) is 0 Å². The molecule has 1 aliphatic heterocycles. The molecule has 1 saturated heterocycles. The molecule has 20 heavy (non-hydrogen) atoms. The molecule has 1 aliphatic rings. The highest BCUT2D eigenvalue weighted by Crippen LogP contribution is 2.19. The van der Waals surface area contributed by atoms with E-state index >= 15 is 0 Å². The maximum Gasteiger partial charge on any atom is 0.0648 e. The van der Waals surface area contributed by atoms with Gasteiger partial charge in [-0.3, -0.25) is 4.90 Å². The van der Waals surface area contributed by atoms with Crippen LogP contribution in [0.5, 0.6) is 0 Å². The molecule has 106 valence electrons. The summed E-state index contributed by atoms with van der Waals surface area (Å²) < 4.78 is 1.89. The molecule has 1 fully saturated rings. The molecule has 0 saturated carbocycles. The number of nitrogens with zero attached hydrogens (tertiary/aromatic N) is 3. The average molecular weight is 271 g/mol. The summed E-state index contributed by atoms with van der Waals surface area (Å²) in [5.74, 6) is 0.443. The van der Waals surface area contributed by atoms with Crippen molar-refractivity contribution in [1.29, 1.82) is 0 Å². The first-order chi connectivity index (χ1) is 9.85. The van der Waals surface area contributed by atoms with Crippen molar-refractivity contribution in [1.82, 2.24) is 14.7 Å². The number of aliphatic hydroxyl groups is 1. The van der Waals surface area contributed by atoms with Gasteiger partial charge in [-0.05, 0) is 49.1 Å². The molecule has 1 N–H and O–H groups in total. The lowest BCUT2D eigenvalue weighted by atomic mass is 9.98. The zero-order valence-electron chi connectivity index (χ0n) is 11.7. The van der Waals surface area contributed by atoms with Crippen molar-refractivity contribution in [2.45, 2.75) is 19.4 Å². The third kappa shape index (κ3) is 3.08. The number of piperidine rings is 1. The summed E-state index contributed by atoms with van der Waals surface area (Å²) in [5.41, 5.74) is 2.40. The zero-order valence-corrected chi connectivity index (χ0v) is 11.7. The second-order valence-corrected chi connectivity index (χ2v) is 5.55. The highest BCUT2D eigenvalue weighted by Gasteiger charge is 2.19. The van der Waals surface area contributed by atoms with E-state index in [1.807, 2.05) is 16.9 Å². The van der Waals surface area contributed by atoms with Crippen molar-refractivity contribution in [3.8, 4) is 5.69 Å². The topological polar surface area (TPSA) is 41.3 Å². The molecule has 2 heterocycles. The van der Waals surface area contributed by atoms with E-state index in [0.29, 0.717) is 12.5 Å². The van der Waals surface area contributed by atoms with Gasteiger partial charge in [0.25, 0.3) is 0 Å². The molecule has 1 unspecified atom stereocenters. The molecule has 4 heteroatoms. The number of hydrogen-bond donors (Lipinski definition) is 1. The fourth-order valence-corrected chi connectivity index (χ4v) is 2.92. The van der Waals surface area contributed by atoms with Crippen molar-refractivity contribution >= 4 is 0 Å². The maximum atomic E-state index is 9.31. The van der Waals surface area contributed by atoms with Gasteiger partial charge in [0.1, 0.15) is 0 Å². The number of hydrogen-bond acceptors (Lipinski definition) is 3. The van der Waals surface area contributed by atoms with Gasteiger partial charge in [-0.15, -0.1) is 0 Å². The van der Waals surface area contributed by atoms with Crippen LogP contribution in [-0.4, -0.2) is 39.5 Å². The SMILES string of the molecule is OCC1CCCN(Cc2cccc(-n3cccn3)c2)C1. The number of aliphatic hydroxyl groups excluding tert-OH is 1. The molecule has 0 amide bonds. The van der Waals surface area contributed by atoms with Crippen LogP contribution in [0, 0.1) is 5.92 Å². The van der Waals surface area contributed by atoms with E-state index in [2.05, 4.69) is 34.3 Å². The zero-order chi connectivity index (χ0) is 13.8. The maximum absolute atomic E-state index is 9.31. The van der Waals surface area contributed by atoms with Gasteiger partial charge in [-0.1, -0.05) is 12.1 Å². The smallest absolute Gasteiger partial charge is 0.0648 e. The van der Waals surface area contributed by atoms with Crippen molar-refractivity contribution in [3.63, 3.8) is 0 Å². The average Bonchev–Trinajstić information content (AvgIpc) is 3.02. The summed E-state index contributed by atoms with van der Waals surface area (Å²) >= 11 is 0. The quantitative estimate of drug-likeness (QED) is 0.925. The first-order valence-corrected chi connectivity index (χ1v) is 7.27. The minimum Gasteiger partial charge on any atom is -0.396 e. The van der Waals surface area contributed by atoms with Crippen LogP contribution in [0.15, 0.2) is 42.7 Å². The number of rotatable bonds is 4. The van der Waals surface area contributed by atoms with Crippen LogP contribution in [-0.2, 0) is 6.54 Å². The Kier molecular flexibility index (Phi) is 4.14. The molecule has 0 aliphatic carbocycles. The van der Waals surface area contributed by atoms with E-state index in [9.17, 15) is 5.11 Å². The molecular weight excluding hydrogens is 250 g/mol. The monoisotopic (exact) mass is 271 g/mol. The Morgan fingerprint density at radius 1 is 1.30 bits per heavy atom. The predicted molar refractivity (Wildman–Crippen MR) is 78.7 cm³/mol. The predicted octanol–water partition coefficient (Wildman–Crippen LogP) is 2.08. The Balaban J connectivity index is 1.70. The molecule has 3 rings (SSSR count). The van der Waals surface area contributed by atoms with Crippen LogP contribution in [0.4, 0.5) is 0 Å². The molecular formula is C16H21N3O. The third-order valence-electron chi connectivity index (χ3n) is 3.95. The molecule has 0 bridgehead atoms. The van der Waals surface area contributed by atoms with Crippen molar-refractivity contribution < 1.29 is 5.11 Å². The van der Waals surface area contributed by atoms with Gasteiger partial charge in [0, 0.05) is 32.1 Å². The summed E-state index contributed by atoms with van der Waals surface area (Å²) in [4.78, 5) is 2.44. The van der Waals surface area contributed by atoms with Crippen LogP contribution in [0.2, 0.25) is 0 Å². The van der Waals surface area contributed by atoms with E-state index < -0.39 is 0 Å². The van der Waals surface area contributed by atoms with Crippen molar-refractivity contribution in [2.24, 2.45) is 5.92 Å². The summed E-state index contributed by atoms with van der Waals surface area (Å²) in [6.45, 7) is 3.39. The van der Waals surface area contributed by atoms with Gasteiger partial charge < -0.3 is 5.11 Å². The van der Waals surface area contributed by atoms with Gasteiger partial charge in [0.05, 0.1) is 5.69 Å². The normalized spacial score (nSPS) is 20.1. The summed E-state index contributed by atoms with van der Waals surface area (Å²) in [6, 6.07) is 10.4. The third-order valence-corrected chi connectivity index (χ3v) is 3.95. The number of aromatic nitrogens is 2. The van der Waals surface area contributed by atoms with Crippen molar-refractivity contribution in [3.05, 3.63) is 48.3 Å². The Hall–Kier alpha value is -1.65. The van der Waals surface area contributed by atoms with E-state index in [1.54, 1.807) is 6.20 Å². The minimum absolute atomic E-state index is 0.309. The standard InChI is InChI=1S/C16H21N3O/c20-13-15-5-2-8-18(12-15)11-14-4-1-6-16(10-14)19-9-3-7-17-19/h1,3-4,6-7,9-10,15,20H,2,5,8,11-13H2. The van der Waals surface area contributed by atoms with Crippen LogP contribution in [0.25, 0.3) is 5.69 Å². The second-order valence-electron chi connectivity index (χ2n) is 5.55. The van der Waals surface area contributed by atoms with Crippen molar-refractivity contribution in [2.75, 3.05) is 19.7 Å². The highest BCUT2D eigenvalue weighted by molar-refractivity contribution is 5.35. The summed E-state index contributed by atoms with van der Waals surface area (Å²) in [7, 11) is 0. The van der Waals surface area contributed by atoms with Crippen LogP contribution < -0.4 is 0 Å². The van der Waals surface area contributed by atoms with Crippen LogP contribution in [0.3, 0.4) is 0 Å². The lowest BCUT2D eigenvalue weighted by Crippen LogP contribution is -2.36. The van der Waals surface area contributed by atoms with Gasteiger partial charge in [0.2, 0.25) is 0 Å². The lowest BCUT2D eigenvalue weighted by Gasteiger charge is -2.31. The van der Waals surface area contributed by atoms with Gasteiger partial charge in [0.15, 0.2) is 0 Å². The molecule has 4 nitrogen and oxygen atoms in total. The first-order valence-electron chi connectivity index (χ1n) is 7.27. The van der Waals surface area contributed by atoms with Crippen LogP contribution in [0.1, 0.15) is 18.4 Å². The summed E-state index contributed by atoms with van der Waals surface area (Å²) in [6.07, 6.45) is 6.09. The Labute approximate surface area is 119 Å². The molecule has 1 aromatic carbocycles. The van der Waals surface area contributed by atoms with Gasteiger partial charge in [-0.25, -0.2) is 4.68 Å². The first kappa shape index (κ1) is 13.3. The van der Waals surface area contributed by atoms with Gasteiger partial charge in [-0.2, -0.15) is 5.10 Å².